The zero-order valence-corrected chi connectivity index (χ0v) is 13.3. The molecule has 0 aliphatic carbocycles. The van der Waals surface area contributed by atoms with Crippen LogP contribution >= 0.6 is 0 Å². The Morgan fingerprint density at radius 2 is 2.38 bits per heavy atom. The molecule has 6 nitrogen and oxygen atoms in total. The van der Waals surface area contributed by atoms with Gasteiger partial charge in [0.1, 0.15) is 0 Å². The number of nitrogens with one attached hydrogen (secondary N) is 1. The fraction of sp³-hybridized carbons (Fsp3) is 0.733. The lowest BCUT2D eigenvalue weighted by Crippen LogP contribution is -2.57. The Balaban J connectivity index is 1.94. The summed E-state index contributed by atoms with van der Waals surface area (Å²) in [5.41, 5.74) is 6.44. The third-order valence-electron chi connectivity index (χ3n) is 4.10. The van der Waals surface area contributed by atoms with Crippen LogP contribution < -0.4 is 16.0 Å². The normalized spacial score (nSPS) is 21.9. The van der Waals surface area contributed by atoms with Crippen molar-refractivity contribution in [2.45, 2.75) is 51.1 Å². The van der Waals surface area contributed by atoms with E-state index in [-0.39, 0.29) is 11.9 Å². The summed E-state index contributed by atoms with van der Waals surface area (Å²) in [4.78, 5) is 14.6. The lowest BCUT2D eigenvalue weighted by molar-refractivity contribution is -0.126. The van der Waals surface area contributed by atoms with Crippen molar-refractivity contribution in [3.8, 4) is 0 Å². The minimum absolute atomic E-state index is 0.0395. The summed E-state index contributed by atoms with van der Waals surface area (Å²) in [6, 6.07) is 0.159. The molecule has 1 aliphatic rings. The molecular weight excluding hydrogens is 266 g/mol. The van der Waals surface area contributed by atoms with Crippen molar-refractivity contribution in [2.24, 2.45) is 12.8 Å². The SMILES string of the molecule is CCCC(C)(N)C(=O)NC1CCCN(c2cnn(C)c2)C1. The minimum Gasteiger partial charge on any atom is -0.367 e. The fourth-order valence-electron chi connectivity index (χ4n) is 2.88. The number of rotatable bonds is 5. The standard InChI is InChI=1S/C15H27N5O/c1-4-7-15(2,16)14(21)18-12-6-5-8-20(10-12)13-9-17-19(3)11-13/h9,11-12H,4-8,10,16H2,1-3H3,(H,18,21). The Kier molecular flexibility index (Phi) is 4.88. The molecule has 2 unspecified atom stereocenters. The van der Waals surface area contributed by atoms with Gasteiger partial charge in [0, 0.05) is 32.4 Å². The van der Waals surface area contributed by atoms with Gasteiger partial charge in [-0.05, 0) is 26.2 Å². The van der Waals surface area contributed by atoms with Crippen LogP contribution in [0.4, 0.5) is 5.69 Å². The van der Waals surface area contributed by atoms with Gasteiger partial charge in [0.25, 0.3) is 0 Å². The molecule has 1 amide bonds. The second-order valence-corrected chi connectivity index (χ2v) is 6.30. The highest BCUT2D eigenvalue weighted by Gasteiger charge is 2.30. The van der Waals surface area contributed by atoms with Crippen LogP contribution in [-0.4, -0.2) is 40.4 Å². The zero-order chi connectivity index (χ0) is 15.5. The Labute approximate surface area is 126 Å². The van der Waals surface area contributed by atoms with Crippen molar-refractivity contribution < 1.29 is 4.79 Å². The van der Waals surface area contributed by atoms with Crippen molar-refractivity contribution in [1.29, 1.82) is 0 Å². The van der Waals surface area contributed by atoms with Gasteiger partial charge in [-0.2, -0.15) is 5.10 Å². The van der Waals surface area contributed by atoms with E-state index in [4.69, 9.17) is 5.73 Å². The molecule has 2 heterocycles. The van der Waals surface area contributed by atoms with Gasteiger partial charge in [0.2, 0.25) is 5.91 Å². The number of carbonyl (C=O) groups is 1. The van der Waals surface area contributed by atoms with Gasteiger partial charge in [0.05, 0.1) is 17.4 Å². The number of nitrogens with two attached hydrogens (primary N) is 1. The van der Waals surface area contributed by atoms with Gasteiger partial charge >= 0.3 is 0 Å². The van der Waals surface area contributed by atoms with Crippen molar-refractivity contribution in [1.82, 2.24) is 15.1 Å². The number of anilines is 1. The average molecular weight is 293 g/mol. The van der Waals surface area contributed by atoms with Crippen LogP contribution in [0.3, 0.4) is 0 Å². The summed E-state index contributed by atoms with van der Waals surface area (Å²) in [7, 11) is 1.91. The maximum absolute atomic E-state index is 12.3. The van der Waals surface area contributed by atoms with Crippen LogP contribution in [0.25, 0.3) is 0 Å². The fourth-order valence-corrected chi connectivity index (χ4v) is 2.88. The van der Waals surface area contributed by atoms with Crippen LogP contribution in [-0.2, 0) is 11.8 Å². The molecule has 2 atom stereocenters. The van der Waals surface area contributed by atoms with Crippen molar-refractivity contribution in [2.75, 3.05) is 18.0 Å². The highest BCUT2D eigenvalue weighted by Crippen LogP contribution is 2.19. The second-order valence-electron chi connectivity index (χ2n) is 6.30. The van der Waals surface area contributed by atoms with Crippen molar-refractivity contribution in [3.05, 3.63) is 12.4 Å². The van der Waals surface area contributed by atoms with Crippen LogP contribution in [0.2, 0.25) is 0 Å². The van der Waals surface area contributed by atoms with Gasteiger partial charge in [0.15, 0.2) is 0 Å². The molecule has 0 spiro atoms. The molecule has 1 aliphatic heterocycles. The van der Waals surface area contributed by atoms with Gasteiger partial charge in [-0.15, -0.1) is 0 Å². The van der Waals surface area contributed by atoms with E-state index in [1.807, 2.05) is 33.3 Å². The van der Waals surface area contributed by atoms with E-state index in [9.17, 15) is 4.79 Å². The highest BCUT2D eigenvalue weighted by atomic mass is 16.2. The summed E-state index contributed by atoms with van der Waals surface area (Å²) in [5.74, 6) is -0.0395. The number of aryl methyl sites for hydroxylation is 1. The number of piperidine rings is 1. The number of carbonyl (C=O) groups excluding carboxylic acids is 1. The summed E-state index contributed by atoms with van der Waals surface area (Å²) in [6.45, 7) is 5.68. The molecule has 0 bridgehead atoms. The number of nitrogens with zero attached hydrogens (tertiary/aromatic N) is 3. The van der Waals surface area contributed by atoms with Gasteiger partial charge in [-0.25, -0.2) is 0 Å². The average Bonchev–Trinajstić information content (AvgIpc) is 2.86. The number of aromatic nitrogens is 2. The quantitative estimate of drug-likeness (QED) is 0.850. The predicted octanol–water partition coefficient (Wildman–Crippen LogP) is 1.02. The monoisotopic (exact) mass is 293 g/mol. The summed E-state index contributed by atoms with van der Waals surface area (Å²) in [5, 5.41) is 7.33. The first-order valence-corrected chi connectivity index (χ1v) is 7.76. The van der Waals surface area contributed by atoms with Crippen molar-refractivity contribution >= 4 is 11.6 Å². The van der Waals surface area contributed by atoms with E-state index in [1.54, 1.807) is 4.68 Å². The van der Waals surface area contributed by atoms with E-state index < -0.39 is 5.54 Å². The maximum atomic E-state index is 12.3. The van der Waals surface area contributed by atoms with Crippen LogP contribution in [0.1, 0.15) is 39.5 Å². The van der Waals surface area contributed by atoms with Crippen molar-refractivity contribution in [3.63, 3.8) is 0 Å². The Bertz CT molecular complexity index is 482. The van der Waals surface area contributed by atoms with E-state index >= 15 is 0 Å². The molecule has 0 saturated carbocycles. The van der Waals surface area contributed by atoms with Crippen LogP contribution in [0.5, 0.6) is 0 Å². The van der Waals surface area contributed by atoms with Crippen LogP contribution in [0.15, 0.2) is 12.4 Å². The second kappa shape index (κ2) is 6.47. The Morgan fingerprint density at radius 3 is 3.00 bits per heavy atom. The van der Waals surface area contributed by atoms with E-state index in [0.717, 1.165) is 38.0 Å². The summed E-state index contributed by atoms with van der Waals surface area (Å²) in [6.07, 6.45) is 7.56. The molecule has 3 N–H and O–H groups in total. The molecular formula is C15H27N5O. The first kappa shape index (κ1) is 15.8. The topological polar surface area (TPSA) is 76.2 Å². The Hall–Kier alpha value is -1.56. The predicted molar refractivity (Wildman–Crippen MR) is 84.1 cm³/mol. The van der Waals surface area contributed by atoms with E-state index in [0.29, 0.717) is 6.42 Å². The third kappa shape index (κ3) is 3.97. The Morgan fingerprint density at radius 1 is 1.62 bits per heavy atom. The molecule has 6 heteroatoms. The lowest BCUT2D eigenvalue weighted by Gasteiger charge is -2.35. The van der Waals surface area contributed by atoms with E-state index in [2.05, 4.69) is 15.3 Å². The van der Waals surface area contributed by atoms with Gasteiger partial charge in [-0.1, -0.05) is 13.3 Å². The minimum atomic E-state index is -0.772. The van der Waals surface area contributed by atoms with Crippen LogP contribution in [0, 0.1) is 0 Å². The molecule has 0 aromatic carbocycles. The lowest BCUT2D eigenvalue weighted by atomic mass is 9.95. The molecule has 2 rings (SSSR count). The highest BCUT2D eigenvalue weighted by molar-refractivity contribution is 5.85. The zero-order valence-electron chi connectivity index (χ0n) is 13.3. The number of hydrogen-bond acceptors (Lipinski definition) is 4. The largest absolute Gasteiger partial charge is 0.367 e. The molecule has 0 radical (unpaired) electrons. The molecule has 1 aromatic rings. The molecule has 118 valence electrons. The number of amides is 1. The molecule has 21 heavy (non-hydrogen) atoms. The molecule has 1 aromatic heterocycles. The smallest absolute Gasteiger partial charge is 0.240 e. The molecule has 1 fully saturated rings. The van der Waals surface area contributed by atoms with Gasteiger partial charge in [-0.3, -0.25) is 9.48 Å². The molecule has 1 saturated heterocycles. The summed E-state index contributed by atoms with van der Waals surface area (Å²) >= 11 is 0. The summed E-state index contributed by atoms with van der Waals surface area (Å²) < 4.78 is 1.80. The van der Waals surface area contributed by atoms with Gasteiger partial charge < -0.3 is 16.0 Å². The first-order chi connectivity index (χ1) is 9.92. The number of hydrogen-bond donors (Lipinski definition) is 2. The first-order valence-electron chi connectivity index (χ1n) is 7.76. The third-order valence-corrected chi connectivity index (χ3v) is 4.10. The maximum Gasteiger partial charge on any atom is 0.240 e. The van der Waals surface area contributed by atoms with E-state index in [1.165, 1.54) is 0 Å².